The molecule has 4 unspecified atom stereocenters. The predicted octanol–water partition coefficient (Wildman–Crippen LogP) is 3.72. The predicted molar refractivity (Wildman–Crippen MR) is 71.4 cm³/mol. The third kappa shape index (κ3) is 1.56. The Morgan fingerprint density at radius 1 is 1.17 bits per heavy atom. The van der Waals surface area contributed by atoms with E-state index in [-0.39, 0.29) is 5.92 Å². The summed E-state index contributed by atoms with van der Waals surface area (Å²) in [5.41, 5.74) is 2.70. The Morgan fingerprint density at radius 2 is 2.06 bits per heavy atom. The highest BCUT2D eigenvalue weighted by molar-refractivity contribution is 5.88. The highest BCUT2D eigenvalue weighted by Gasteiger charge is 2.42. The van der Waals surface area contributed by atoms with Gasteiger partial charge in [-0.2, -0.15) is 0 Å². The van der Waals surface area contributed by atoms with E-state index in [1.165, 1.54) is 36.8 Å². The minimum absolute atomic E-state index is 0.236. The molecule has 2 bridgehead atoms. The van der Waals surface area contributed by atoms with Crippen molar-refractivity contribution in [2.45, 2.75) is 44.4 Å². The number of Topliss-reactive ketones (excluding diaryl/α,β-unsaturated/α-hetero) is 1. The van der Waals surface area contributed by atoms with Gasteiger partial charge in [0.15, 0.2) is 0 Å². The topological polar surface area (TPSA) is 17.1 Å². The zero-order valence-corrected chi connectivity index (χ0v) is 10.8. The molecule has 0 heterocycles. The molecule has 2 fully saturated rings. The van der Waals surface area contributed by atoms with Gasteiger partial charge in [-0.25, -0.2) is 0 Å². The minimum Gasteiger partial charge on any atom is -0.299 e. The van der Waals surface area contributed by atoms with Crippen molar-refractivity contribution < 1.29 is 4.79 Å². The molecule has 0 aliphatic heterocycles. The molecule has 0 amide bonds. The maximum absolute atomic E-state index is 12.4. The van der Waals surface area contributed by atoms with Gasteiger partial charge in [-0.05, 0) is 54.6 Å². The molecule has 94 valence electrons. The molecule has 0 spiro atoms. The summed E-state index contributed by atoms with van der Waals surface area (Å²) < 4.78 is 0. The van der Waals surface area contributed by atoms with Crippen LogP contribution in [0.1, 0.15) is 49.1 Å². The molecule has 4 atom stereocenters. The molecule has 3 aliphatic rings. The van der Waals surface area contributed by atoms with E-state index in [9.17, 15) is 4.79 Å². The van der Waals surface area contributed by atoms with Crippen molar-refractivity contribution >= 4 is 5.78 Å². The summed E-state index contributed by atoms with van der Waals surface area (Å²) in [6, 6.07) is 8.45. The van der Waals surface area contributed by atoms with E-state index in [0.29, 0.717) is 5.78 Å². The van der Waals surface area contributed by atoms with Crippen molar-refractivity contribution in [1.29, 1.82) is 0 Å². The van der Waals surface area contributed by atoms with Crippen molar-refractivity contribution in [3.63, 3.8) is 0 Å². The van der Waals surface area contributed by atoms with Crippen molar-refractivity contribution in [1.82, 2.24) is 0 Å². The van der Waals surface area contributed by atoms with Crippen LogP contribution < -0.4 is 0 Å². The summed E-state index contributed by atoms with van der Waals surface area (Å²) in [5, 5.41) is 0. The average Bonchev–Trinajstić information content (AvgIpc) is 2.92. The molecular weight excluding hydrogens is 220 g/mol. The van der Waals surface area contributed by atoms with Crippen LogP contribution in [0, 0.1) is 17.8 Å². The molecule has 0 saturated heterocycles. The fourth-order valence-corrected chi connectivity index (χ4v) is 4.57. The average molecular weight is 240 g/mol. The molecule has 2 saturated carbocycles. The molecule has 0 N–H and O–H groups in total. The van der Waals surface area contributed by atoms with Gasteiger partial charge >= 0.3 is 0 Å². The number of hydrogen-bond acceptors (Lipinski definition) is 1. The summed E-state index contributed by atoms with van der Waals surface area (Å²) in [6.07, 6.45) is 7.44. The first-order chi connectivity index (χ1) is 8.81. The minimum atomic E-state index is 0.236. The van der Waals surface area contributed by atoms with Gasteiger partial charge in [-0.3, -0.25) is 4.79 Å². The molecule has 1 nitrogen and oxygen atoms in total. The SMILES string of the molecule is O=C(CC1CC2CCC1C2)C1Cc2ccccc21. The molecule has 1 aromatic rings. The third-order valence-electron chi connectivity index (χ3n) is 5.59. The Hall–Kier alpha value is -1.11. The van der Waals surface area contributed by atoms with Gasteiger partial charge in [-0.15, -0.1) is 0 Å². The van der Waals surface area contributed by atoms with E-state index >= 15 is 0 Å². The molecule has 0 aromatic heterocycles. The molecule has 1 heteroatoms. The lowest BCUT2D eigenvalue weighted by Gasteiger charge is -2.31. The van der Waals surface area contributed by atoms with E-state index in [4.69, 9.17) is 0 Å². The monoisotopic (exact) mass is 240 g/mol. The van der Waals surface area contributed by atoms with Crippen molar-refractivity contribution in [3.05, 3.63) is 35.4 Å². The Morgan fingerprint density at radius 3 is 2.78 bits per heavy atom. The largest absolute Gasteiger partial charge is 0.299 e. The smallest absolute Gasteiger partial charge is 0.140 e. The highest BCUT2D eigenvalue weighted by Crippen LogP contribution is 2.50. The molecular formula is C17H20O. The van der Waals surface area contributed by atoms with Crippen LogP contribution in [-0.4, -0.2) is 5.78 Å². The summed E-state index contributed by atoms with van der Waals surface area (Å²) in [4.78, 5) is 12.4. The molecule has 1 aromatic carbocycles. The van der Waals surface area contributed by atoms with Gasteiger partial charge in [-0.1, -0.05) is 30.7 Å². The Bertz CT molecular complexity index is 490. The van der Waals surface area contributed by atoms with Crippen LogP contribution in [-0.2, 0) is 11.2 Å². The fourth-order valence-electron chi connectivity index (χ4n) is 4.57. The Kier molecular flexibility index (Phi) is 2.36. The second-order valence-corrected chi connectivity index (χ2v) is 6.56. The van der Waals surface area contributed by atoms with Crippen molar-refractivity contribution in [2.75, 3.05) is 0 Å². The highest BCUT2D eigenvalue weighted by atomic mass is 16.1. The van der Waals surface area contributed by atoms with E-state index in [1.807, 2.05) is 0 Å². The summed E-state index contributed by atoms with van der Waals surface area (Å²) >= 11 is 0. The van der Waals surface area contributed by atoms with Crippen LogP contribution in [0.3, 0.4) is 0 Å². The summed E-state index contributed by atoms with van der Waals surface area (Å²) in [7, 11) is 0. The Labute approximate surface area is 109 Å². The normalized spacial score (nSPS) is 36.2. The number of rotatable bonds is 3. The van der Waals surface area contributed by atoms with Gasteiger partial charge in [0.25, 0.3) is 0 Å². The first-order valence-electron chi connectivity index (χ1n) is 7.42. The number of ketones is 1. The third-order valence-corrected chi connectivity index (χ3v) is 5.59. The number of carbonyl (C=O) groups excluding carboxylic acids is 1. The van der Waals surface area contributed by atoms with Crippen molar-refractivity contribution in [2.24, 2.45) is 17.8 Å². The van der Waals surface area contributed by atoms with Gasteiger partial charge in [0.1, 0.15) is 5.78 Å². The standard InChI is InChI=1S/C17H20O/c18-17(10-14-8-11-5-6-12(14)7-11)16-9-13-3-1-2-4-15(13)16/h1-4,11-12,14,16H,5-10H2. The molecule has 0 radical (unpaired) electrons. The van der Waals surface area contributed by atoms with Crippen LogP contribution in [0.5, 0.6) is 0 Å². The first-order valence-corrected chi connectivity index (χ1v) is 7.42. The zero-order chi connectivity index (χ0) is 12.1. The van der Waals surface area contributed by atoms with Crippen LogP contribution in [0.4, 0.5) is 0 Å². The number of fused-ring (bicyclic) bond motifs is 3. The van der Waals surface area contributed by atoms with Crippen LogP contribution in [0.15, 0.2) is 24.3 Å². The lowest BCUT2D eigenvalue weighted by Crippen LogP contribution is -2.27. The van der Waals surface area contributed by atoms with Crippen LogP contribution in [0.2, 0.25) is 0 Å². The second kappa shape index (κ2) is 3.94. The molecule has 3 aliphatic carbocycles. The van der Waals surface area contributed by atoms with Gasteiger partial charge in [0, 0.05) is 12.3 Å². The van der Waals surface area contributed by atoms with E-state index in [2.05, 4.69) is 24.3 Å². The lowest BCUT2D eigenvalue weighted by atomic mass is 9.72. The van der Waals surface area contributed by atoms with E-state index in [0.717, 1.165) is 30.6 Å². The number of hydrogen-bond donors (Lipinski definition) is 0. The van der Waals surface area contributed by atoms with E-state index in [1.54, 1.807) is 0 Å². The maximum atomic E-state index is 12.4. The van der Waals surface area contributed by atoms with E-state index < -0.39 is 0 Å². The van der Waals surface area contributed by atoms with Gasteiger partial charge < -0.3 is 0 Å². The van der Waals surface area contributed by atoms with Gasteiger partial charge in [0.05, 0.1) is 0 Å². The summed E-state index contributed by atoms with van der Waals surface area (Å²) in [6.45, 7) is 0. The quantitative estimate of drug-likeness (QED) is 0.787. The zero-order valence-electron chi connectivity index (χ0n) is 10.8. The fraction of sp³-hybridized carbons (Fsp3) is 0.588. The van der Waals surface area contributed by atoms with Crippen LogP contribution >= 0.6 is 0 Å². The maximum Gasteiger partial charge on any atom is 0.140 e. The Balaban J connectivity index is 1.44. The molecule has 18 heavy (non-hydrogen) atoms. The van der Waals surface area contributed by atoms with Gasteiger partial charge in [0.2, 0.25) is 0 Å². The number of carbonyl (C=O) groups is 1. The number of benzene rings is 1. The van der Waals surface area contributed by atoms with Crippen LogP contribution in [0.25, 0.3) is 0 Å². The summed E-state index contributed by atoms with van der Waals surface area (Å²) in [5.74, 6) is 3.33. The second-order valence-electron chi connectivity index (χ2n) is 6.56. The molecule has 4 rings (SSSR count). The lowest BCUT2D eigenvalue weighted by molar-refractivity contribution is -0.122. The van der Waals surface area contributed by atoms with Crippen molar-refractivity contribution in [3.8, 4) is 0 Å². The first kappa shape index (κ1) is 10.8.